The maximum Gasteiger partial charge on any atom is 0.180 e. The molecule has 1 aliphatic rings. The minimum atomic E-state index is -3.21. The maximum absolute atomic E-state index is 13.0. The number of nitrogens with one attached hydrogen (secondary N) is 1. The fourth-order valence-electron chi connectivity index (χ4n) is 2.74. The molecule has 2 aromatic rings. The number of benzene rings is 2. The first-order chi connectivity index (χ1) is 9.97. The maximum atomic E-state index is 13.0. The molecule has 5 heteroatoms. The van der Waals surface area contributed by atoms with Gasteiger partial charge >= 0.3 is 0 Å². The zero-order valence-corrected chi connectivity index (χ0v) is 12.4. The fraction of sp³-hybridized carbons (Fsp3) is 0.250. The summed E-state index contributed by atoms with van der Waals surface area (Å²) in [5.74, 6) is -0.211. The van der Waals surface area contributed by atoms with E-state index in [-0.39, 0.29) is 23.7 Å². The fourth-order valence-corrected chi connectivity index (χ4v) is 4.49. The number of halogens is 1. The van der Waals surface area contributed by atoms with Gasteiger partial charge in [0.05, 0.1) is 10.6 Å². The summed E-state index contributed by atoms with van der Waals surface area (Å²) in [6.07, 6.45) is 0. The Hall–Kier alpha value is -1.72. The molecule has 0 radical (unpaired) electrons. The highest BCUT2D eigenvalue weighted by Crippen LogP contribution is 2.34. The smallest absolute Gasteiger partial charge is 0.180 e. The van der Waals surface area contributed by atoms with E-state index < -0.39 is 9.84 Å². The Morgan fingerprint density at radius 1 is 1.14 bits per heavy atom. The van der Waals surface area contributed by atoms with E-state index in [9.17, 15) is 12.8 Å². The highest BCUT2D eigenvalue weighted by atomic mass is 32.2. The molecule has 2 unspecified atom stereocenters. The molecule has 1 aliphatic heterocycles. The molecule has 3 nitrogen and oxygen atoms in total. The third kappa shape index (κ3) is 2.71. The van der Waals surface area contributed by atoms with Crippen LogP contribution in [0.2, 0.25) is 0 Å². The molecule has 1 N–H and O–H groups in total. The van der Waals surface area contributed by atoms with Gasteiger partial charge in [-0.25, -0.2) is 12.8 Å². The van der Waals surface area contributed by atoms with Crippen molar-refractivity contribution in [1.82, 2.24) is 5.32 Å². The Kier molecular flexibility index (Phi) is 3.55. The Morgan fingerprint density at radius 3 is 2.52 bits per heavy atom. The summed E-state index contributed by atoms with van der Waals surface area (Å²) in [6.45, 7) is 1.95. The van der Waals surface area contributed by atoms with E-state index in [4.69, 9.17) is 0 Å². The standard InChI is InChI=1S/C16H16FNO2S/c1-11(12-6-8-13(17)9-7-12)18-15-10-21(19,20)16-5-3-2-4-14(15)16/h2-9,11,15,18H,10H2,1H3. The Bertz CT molecular complexity index is 756. The topological polar surface area (TPSA) is 46.2 Å². The third-order valence-electron chi connectivity index (χ3n) is 3.84. The molecule has 110 valence electrons. The lowest BCUT2D eigenvalue weighted by atomic mass is 10.0. The second-order valence-corrected chi connectivity index (χ2v) is 7.31. The molecule has 2 atom stereocenters. The molecule has 0 aliphatic carbocycles. The first-order valence-corrected chi connectivity index (χ1v) is 8.46. The van der Waals surface area contributed by atoms with Crippen LogP contribution in [-0.4, -0.2) is 14.2 Å². The van der Waals surface area contributed by atoms with E-state index >= 15 is 0 Å². The molecule has 0 amide bonds. The highest BCUT2D eigenvalue weighted by Gasteiger charge is 2.34. The van der Waals surface area contributed by atoms with Gasteiger partial charge in [-0.15, -0.1) is 0 Å². The first-order valence-electron chi connectivity index (χ1n) is 6.80. The molecule has 1 heterocycles. The van der Waals surface area contributed by atoms with Gasteiger partial charge in [-0.3, -0.25) is 0 Å². The zero-order chi connectivity index (χ0) is 15.0. The SMILES string of the molecule is CC(NC1CS(=O)(=O)c2ccccc21)c1ccc(F)cc1. The largest absolute Gasteiger partial charge is 0.302 e. The van der Waals surface area contributed by atoms with Gasteiger partial charge < -0.3 is 5.32 Å². The molecule has 3 rings (SSSR count). The van der Waals surface area contributed by atoms with Crippen molar-refractivity contribution in [2.24, 2.45) is 0 Å². The quantitative estimate of drug-likeness (QED) is 0.948. The normalized spacial score (nSPS) is 21.0. The summed E-state index contributed by atoms with van der Waals surface area (Å²) in [4.78, 5) is 0.411. The third-order valence-corrected chi connectivity index (χ3v) is 5.65. The zero-order valence-electron chi connectivity index (χ0n) is 11.6. The van der Waals surface area contributed by atoms with Crippen molar-refractivity contribution < 1.29 is 12.8 Å². The lowest BCUT2D eigenvalue weighted by Gasteiger charge is -2.19. The van der Waals surface area contributed by atoms with Gasteiger partial charge in [0.15, 0.2) is 9.84 Å². The molecule has 21 heavy (non-hydrogen) atoms. The molecule has 2 aromatic carbocycles. The molecule has 0 bridgehead atoms. The molecule has 0 aromatic heterocycles. The lowest BCUT2D eigenvalue weighted by molar-refractivity contribution is 0.496. The van der Waals surface area contributed by atoms with E-state index in [1.165, 1.54) is 12.1 Å². The number of hydrogen-bond acceptors (Lipinski definition) is 3. The number of fused-ring (bicyclic) bond motifs is 1. The number of sulfone groups is 1. The number of rotatable bonds is 3. The summed E-state index contributed by atoms with van der Waals surface area (Å²) >= 11 is 0. The van der Waals surface area contributed by atoms with E-state index in [0.29, 0.717) is 4.90 Å². The summed E-state index contributed by atoms with van der Waals surface area (Å²) in [7, 11) is -3.21. The molecular weight excluding hydrogens is 289 g/mol. The van der Waals surface area contributed by atoms with Gasteiger partial charge in [-0.05, 0) is 36.2 Å². The molecule has 0 spiro atoms. The van der Waals surface area contributed by atoms with Crippen molar-refractivity contribution in [2.75, 3.05) is 5.75 Å². The monoisotopic (exact) mass is 305 g/mol. The van der Waals surface area contributed by atoms with Crippen LogP contribution in [-0.2, 0) is 9.84 Å². The summed E-state index contributed by atoms with van der Waals surface area (Å²) in [6, 6.07) is 13.0. The Balaban J connectivity index is 1.85. The van der Waals surface area contributed by atoms with Crippen LogP contribution in [0.25, 0.3) is 0 Å². The predicted molar refractivity (Wildman–Crippen MR) is 79.2 cm³/mol. The van der Waals surface area contributed by atoms with Gasteiger partial charge in [-0.2, -0.15) is 0 Å². The lowest BCUT2D eigenvalue weighted by Crippen LogP contribution is -2.25. The summed E-state index contributed by atoms with van der Waals surface area (Å²) in [5.41, 5.74) is 1.74. The predicted octanol–water partition coefficient (Wildman–Crippen LogP) is 3.00. The molecule has 0 saturated heterocycles. The molecule has 0 saturated carbocycles. The van der Waals surface area contributed by atoms with Crippen molar-refractivity contribution in [1.29, 1.82) is 0 Å². The van der Waals surface area contributed by atoms with Gasteiger partial charge in [0.25, 0.3) is 0 Å². The van der Waals surface area contributed by atoms with Crippen LogP contribution in [0.15, 0.2) is 53.4 Å². The minimum absolute atomic E-state index is 0.0584. The Labute approximate surface area is 123 Å². The summed E-state index contributed by atoms with van der Waals surface area (Å²) in [5, 5.41) is 3.32. The van der Waals surface area contributed by atoms with Gasteiger partial charge in [0.1, 0.15) is 5.82 Å². The molecular formula is C16H16FNO2S. The second-order valence-electron chi connectivity index (χ2n) is 5.31. The first kappa shape index (κ1) is 14.2. The average Bonchev–Trinajstić information content (AvgIpc) is 2.71. The number of hydrogen-bond donors (Lipinski definition) is 1. The van der Waals surface area contributed by atoms with E-state index in [1.54, 1.807) is 24.3 Å². The minimum Gasteiger partial charge on any atom is -0.302 e. The van der Waals surface area contributed by atoms with Crippen LogP contribution in [0.3, 0.4) is 0 Å². The van der Waals surface area contributed by atoms with Gasteiger partial charge in [0.2, 0.25) is 0 Å². The van der Waals surface area contributed by atoms with E-state index in [1.807, 2.05) is 19.1 Å². The van der Waals surface area contributed by atoms with Crippen LogP contribution in [0.4, 0.5) is 4.39 Å². The van der Waals surface area contributed by atoms with Crippen molar-refractivity contribution in [3.8, 4) is 0 Å². The van der Waals surface area contributed by atoms with Crippen molar-refractivity contribution in [3.63, 3.8) is 0 Å². The van der Waals surface area contributed by atoms with Crippen molar-refractivity contribution in [3.05, 3.63) is 65.5 Å². The van der Waals surface area contributed by atoms with Crippen molar-refractivity contribution in [2.45, 2.75) is 23.9 Å². The van der Waals surface area contributed by atoms with Gasteiger partial charge in [-0.1, -0.05) is 30.3 Å². The van der Waals surface area contributed by atoms with Crippen LogP contribution in [0.1, 0.15) is 30.1 Å². The van der Waals surface area contributed by atoms with Crippen LogP contribution in [0.5, 0.6) is 0 Å². The molecule has 0 fully saturated rings. The average molecular weight is 305 g/mol. The van der Waals surface area contributed by atoms with E-state index in [0.717, 1.165) is 11.1 Å². The van der Waals surface area contributed by atoms with Crippen LogP contribution in [0, 0.1) is 5.82 Å². The summed E-state index contributed by atoms with van der Waals surface area (Å²) < 4.78 is 37.2. The van der Waals surface area contributed by atoms with Gasteiger partial charge in [0, 0.05) is 12.1 Å². The highest BCUT2D eigenvalue weighted by molar-refractivity contribution is 7.91. The Morgan fingerprint density at radius 2 is 1.81 bits per heavy atom. The van der Waals surface area contributed by atoms with E-state index in [2.05, 4.69) is 5.32 Å². The van der Waals surface area contributed by atoms with Crippen LogP contribution >= 0.6 is 0 Å². The second kappa shape index (κ2) is 5.24. The van der Waals surface area contributed by atoms with Crippen molar-refractivity contribution >= 4 is 9.84 Å². The van der Waals surface area contributed by atoms with Crippen LogP contribution < -0.4 is 5.32 Å².